The normalized spacial score (nSPS) is 9.67. The van der Waals surface area contributed by atoms with E-state index in [1.807, 2.05) is 13.0 Å². The average molecular weight is 207 g/mol. The van der Waals surface area contributed by atoms with Crippen molar-refractivity contribution in [2.45, 2.75) is 20.3 Å². The molecule has 0 aliphatic heterocycles. The Labute approximate surface area is 88.3 Å². The molecule has 0 aromatic carbocycles. The van der Waals surface area contributed by atoms with Gasteiger partial charge in [-0.1, -0.05) is 6.92 Å². The second-order valence-corrected chi connectivity index (χ2v) is 3.15. The van der Waals surface area contributed by atoms with Crippen molar-refractivity contribution < 1.29 is 9.21 Å². The number of nitriles is 1. The SMILES string of the molecule is CCCN(CC#N)C(=O)c1ocnc1C. The lowest BCUT2D eigenvalue weighted by Gasteiger charge is -2.16. The zero-order chi connectivity index (χ0) is 11.3. The van der Waals surface area contributed by atoms with Gasteiger partial charge in [0, 0.05) is 6.54 Å². The van der Waals surface area contributed by atoms with Gasteiger partial charge in [0.2, 0.25) is 5.76 Å². The summed E-state index contributed by atoms with van der Waals surface area (Å²) in [5, 5.41) is 8.59. The van der Waals surface area contributed by atoms with E-state index in [4.69, 9.17) is 9.68 Å². The maximum Gasteiger partial charge on any atom is 0.292 e. The molecule has 0 saturated carbocycles. The first kappa shape index (κ1) is 11.2. The van der Waals surface area contributed by atoms with Crippen LogP contribution in [0.5, 0.6) is 0 Å². The summed E-state index contributed by atoms with van der Waals surface area (Å²) in [7, 11) is 0. The minimum Gasteiger partial charge on any atom is -0.438 e. The van der Waals surface area contributed by atoms with Gasteiger partial charge in [0.25, 0.3) is 5.91 Å². The molecular weight excluding hydrogens is 194 g/mol. The second kappa shape index (κ2) is 5.15. The largest absolute Gasteiger partial charge is 0.438 e. The van der Waals surface area contributed by atoms with Gasteiger partial charge < -0.3 is 9.32 Å². The van der Waals surface area contributed by atoms with Gasteiger partial charge in [-0.05, 0) is 13.3 Å². The molecule has 15 heavy (non-hydrogen) atoms. The highest BCUT2D eigenvalue weighted by atomic mass is 16.3. The molecule has 0 radical (unpaired) electrons. The highest BCUT2D eigenvalue weighted by Crippen LogP contribution is 2.09. The molecule has 0 fully saturated rings. The molecule has 80 valence electrons. The van der Waals surface area contributed by atoms with Crippen LogP contribution < -0.4 is 0 Å². The molecule has 0 atom stereocenters. The Morgan fingerprint density at radius 2 is 2.47 bits per heavy atom. The van der Waals surface area contributed by atoms with Crippen molar-refractivity contribution >= 4 is 5.91 Å². The molecule has 0 saturated heterocycles. The maximum atomic E-state index is 11.8. The number of aromatic nitrogens is 1. The number of amides is 1. The van der Waals surface area contributed by atoms with Crippen LogP contribution in [0.15, 0.2) is 10.8 Å². The molecule has 1 rings (SSSR count). The molecule has 1 amide bonds. The number of oxazole rings is 1. The summed E-state index contributed by atoms with van der Waals surface area (Å²) in [6, 6.07) is 1.96. The monoisotopic (exact) mass is 207 g/mol. The highest BCUT2D eigenvalue weighted by Gasteiger charge is 2.20. The van der Waals surface area contributed by atoms with E-state index in [2.05, 4.69) is 4.98 Å². The van der Waals surface area contributed by atoms with Gasteiger partial charge in [0.1, 0.15) is 6.54 Å². The van der Waals surface area contributed by atoms with E-state index >= 15 is 0 Å². The molecule has 5 heteroatoms. The van der Waals surface area contributed by atoms with E-state index in [1.165, 1.54) is 11.3 Å². The Balaban J connectivity index is 2.81. The van der Waals surface area contributed by atoms with Crippen LogP contribution in [-0.2, 0) is 0 Å². The molecule has 1 heterocycles. The van der Waals surface area contributed by atoms with Crippen LogP contribution in [0.3, 0.4) is 0 Å². The van der Waals surface area contributed by atoms with Crippen molar-refractivity contribution in [3.63, 3.8) is 0 Å². The predicted molar refractivity (Wildman–Crippen MR) is 53.0 cm³/mol. The van der Waals surface area contributed by atoms with Gasteiger partial charge in [-0.15, -0.1) is 0 Å². The zero-order valence-corrected chi connectivity index (χ0v) is 8.86. The van der Waals surface area contributed by atoms with Crippen LogP contribution in [-0.4, -0.2) is 28.9 Å². The van der Waals surface area contributed by atoms with Gasteiger partial charge in [-0.2, -0.15) is 5.26 Å². The molecule has 5 nitrogen and oxygen atoms in total. The van der Waals surface area contributed by atoms with E-state index in [0.717, 1.165) is 6.42 Å². The van der Waals surface area contributed by atoms with Gasteiger partial charge >= 0.3 is 0 Å². The van der Waals surface area contributed by atoms with Crippen LogP contribution in [0.1, 0.15) is 29.6 Å². The molecule has 0 aliphatic rings. The Morgan fingerprint density at radius 3 is 2.93 bits per heavy atom. The first-order valence-electron chi connectivity index (χ1n) is 4.77. The van der Waals surface area contributed by atoms with Crippen LogP contribution in [0.25, 0.3) is 0 Å². The molecule has 0 aliphatic carbocycles. The summed E-state index contributed by atoms with van der Waals surface area (Å²) >= 11 is 0. The lowest BCUT2D eigenvalue weighted by atomic mass is 10.3. The third kappa shape index (κ3) is 2.56. The summed E-state index contributed by atoms with van der Waals surface area (Å²) in [6.07, 6.45) is 2.04. The minimum atomic E-state index is -0.270. The fraction of sp³-hybridized carbons (Fsp3) is 0.500. The lowest BCUT2D eigenvalue weighted by Crippen LogP contribution is -2.32. The zero-order valence-electron chi connectivity index (χ0n) is 8.86. The molecular formula is C10H13N3O2. The number of nitrogens with zero attached hydrogens (tertiary/aromatic N) is 3. The van der Waals surface area contributed by atoms with Crippen molar-refractivity contribution in [3.05, 3.63) is 17.8 Å². The van der Waals surface area contributed by atoms with Gasteiger partial charge in [-0.25, -0.2) is 4.98 Å². The topological polar surface area (TPSA) is 70.1 Å². The van der Waals surface area contributed by atoms with E-state index in [1.54, 1.807) is 6.92 Å². The Hall–Kier alpha value is -1.83. The third-order valence-electron chi connectivity index (χ3n) is 1.98. The van der Waals surface area contributed by atoms with Crippen molar-refractivity contribution in [2.75, 3.05) is 13.1 Å². The Morgan fingerprint density at radius 1 is 1.73 bits per heavy atom. The number of carbonyl (C=O) groups is 1. The number of aryl methyl sites for hydroxylation is 1. The Kier molecular flexibility index (Phi) is 3.86. The van der Waals surface area contributed by atoms with Crippen LogP contribution >= 0.6 is 0 Å². The number of rotatable bonds is 4. The smallest absolute Gasteiger partial charge is 0.292 e. The van der Waals surface area contributed by atoms with Crippen molar-refractivity contribution in [3.8, 4) is 6.07 Å². The molecule has 1 aromatic rings. The standard InChI is InChI=1S/C10H13N3O2/c1-3-5-13(6-4-11)10(14)9-8(2)12-7-15-9/h7H,3,5-6H2,1-2H3. The first-order valence-corrected chi connectivity index (χ1v) is 4.77. The first-order chi connectivity index (χ1) is 7.20. The summed E-state index contributed by atoms with van der Waals surface area (Å²) in [5.74, 6) is -0.0490. The van der Waals surface area contributed by atoms with Gasteiger partial charge in [0.05, 0.1) is 11.8 Å². The second-order valence-electron chi connectivity index (χ2n) is 3.15. The van der Waals surface area contributed by atoms with Gasteiger partial charge in [-0.3, -0.25) is 4.79 Å². The van der Waals surface area contributed by atoms with Crippen LogP contribution in [0.4, 0.5) is 0 Å². The minimum absolute atomic E-state index is 0.0762. The van der Waals surface area contributed by atoms with Crippen molar-refractivity contribution in [1.82, 2.24) is 9.88 Å². The molecule has 0 unspecified atom stereocenters. The number of hydrogen-bond donors (Lipinski definition) is 0. The third-order valence-corrected chi connectivity index (χ3v) is 1.98. The van der Waals surface area contributed by atoms with Crippen LogP contribution in [0, 0.1) is 18.3 Å². The van der Waals surface area contributed by atoms with Gasteiger partial charge in [0.15, 0.2) is 6.39 Å². The predicted octanol–water partition coefficient (Wildman–Crippen LogP) is 1.36. The van der Waals surface area contributed by atoms with Crippen molar-refractivity contribution in [1.29, 1.82) is 5.26 Å². The van der Waals surface area contributed by atoms with Crippen LogP contribution in [0.2, 0.25) is 0 Å². The Bertz CT molecular complexity index is 378. The van der Waals surface area contributed by atoms with E-state index < -0.39 is 0 Å². The van der Waals surface area contributed by atoms with E-state index in [-0.39, 0.29) is 18.2 Å². The molecule has 1 aromatic heterocycles. The summed E-state index contributed by atoms with van der Waals surface area (Å²) in [6.45, 7) is 4.28. The lowest BCUT2D eigenvalue weighted by molar-refractivity contribution is 0.0743. The summed E-state index contributed by atoms with van der Waals surface area (Å²) < 4.78 is 4.99. The van der Waals surface area contributed by atoms with E-state index in [9.17, 15) is 4.79 Å². The quantitative estimate of drug-likeness (QED) is 0.699. The summed E-state index contributed by atoms with van der Waals surface area (Å²) in [5.41, 5.74) is 0.555. The molecule has 0 N–H and O–H groups in total. The highest BCUT2D eigenvalue weighted by molar-refractivity contribution is 5.92. The average Bonchev–Trinajstić information content (AvgIpc) is 2.63. The fourth-order valence-electron chi connectivity index (χ4n) is 1.26. The molecule has 0 spiro atoms. The molecule has 0 bridgehead atoms. The maximum absolute atomic E-state index is 11.8. The van der Waals surface area contributed by atoms with E-state index in [0.29, 0.717) is 12.2 Å². The number of hydrogen-bond acceptors (Lipinski definition) is 4. The van der Waals surface area contributed by atoms with Crippen molar-refractivity contribution in [2.24, 2.45) is 0 Å². The number of carbonyl (C=O) groups excluding carboxylic acids is 1. The summed E-state index contributed by atoms with van der Waals surface area (Å²) in [4.78, 5) is 17.1. The fourth-order valence-corrected chi connectivity index (χ4v) is 1.26.